The highest BCUT2D eigenvalue weighted by atomic mass is 32.1. The molecule has 0 spiro atoms. The molecule has 12 nitrogen and oxygen atoms in total. The summed E-state index contributed by atoms with van der Waals surface area (Å²) < 4.78 is 0. The maximum Gasteiger partial charge on any atom is 0.328 e. The van der Waals surface area contributed by atoms with Crippen LogP contribution in [0.5, 0.6) is 0 Å². The summed E-state index contributed by atoms with van der Waals surface area (Å²) in [6.45, 7) is 0.521. The average Bonchev–Trinajstić information content (AvgIpc) is 2.59. The fraction of sp³-hybridized carbons (Fsp3) is 0.643. The Labute approximate surface area is 160 Å². The fourth-order valence-corrected chi connectivity index (χ4v) is 1.97. The molecule has 3 amide bonds. The number of aliphatic hydroxyl groups excluding tert-OH is 1. The molecule has 0 heterocycles. The Kier molecular flexibility index (Phi) is 11.0. The number of carbonyl (C=O) groups excluding carboxylic acids is 3. The van der Waals surface area contributed by atoms with Gasteiger partial charge in [0.05, 0.1) is 18.7 Å². The quantitative estimate of drug-likeness (QED) is 0.152. The lowest BCUT2D eigenvalue weighted by molar-refractivity contribution is -0.144. The average molecular weight is 408 g/mol. The summed E-state index contributed by atoms with van der Waals surface area (Å²) in [5.41, 5.74) is 5.47. The lowest BCUT2D eigenvalue weighted by Gasteiger charge is -2.20. The number of amides is 3. The molecule has 8 N–H and O–H groups in total. The van der Waals surface area contributed by atoms with E-state index in [0.717, 1.165) is 0 Å². The Morgan fingerprint density at radius 2 is 1.67 bits per heavy atom. The van der Waals surface area contributed by atoms with Crippen molar-refractivity contribution in [2.45, 2.75) is 44.0 Å². The number of carboxylic acids is 2. The predicted molar refractivity (Wildman–Crippen MR) is 94.9 cm³/mol. The van der Waals surface area contributed by atoms with Gasteiger partial charge in [0.2, 0.25) is 17.7 Å². The third-order valence-electron chi connectivity index (χ3n) is 3.30. The number of carbonyl (C=O) groups is 5. The van der Waals surface area contributed by atoms with Gasteiger partial charge in [-0.2, -0.15) is 12.6 Å². The zero-order valence-corrected chi connectivity index (χ0v) is 15.4. The highest BCUT2D eigenvalue weighted by molar-refractivity contribution is 7.80. The van der Waals surface area contributed by atoms with Crippen LogP contribution in [0.3, 0.4) is 0 Å². The van der Waals surface area contributed by atoms with E-state index in [9.17, 15) is 29.1 Å². The first-order chi connectivity index (χ1) is 12.5. The van der Waals surface area contributed by atoms with E-state index < -0.39 is 66.9 Å². The molecule has 27 heavy (non-hydrogen) atoms. The monoisotopic (exact) mass is 408 g/mol. The molecule has 0 aromatic carbocycles. The zero-order valence-electron chi connectivity index (χ0n) is 14.5. The molecule has 13 heteroatoms. The molecule has 0 aromatic heterocycles. The number of hydrogen-bond donors (Lipinski definition) is 8. The van der Waals surface area contributed by atoms with E-state index in [4.69, 9.17) is 15.9 Å². The predicted octanol–water partition coefficient (Wildman–Crippen LogP) is -3.34. The first kappa shape index (κ1) is 24.6. The van der Waals surface area contributed by atoms with Gasteiger partial charge < -0.3 is 37.0 Å². The van der Waals surface area contributed by atoms with Gasteiger partial charge >= 0.3 is 11.9 Å². The van der Waals surface area contributed by atoms with Crippen LogP contribution in [0.1, 0.15) is 19.8 Å². The second-order valence-electron chi connectivity index (χ2n) is 5.62. The minimum absolute atomic E-state index is 0.00255. The minimum Gasteiger partial charge on any atom is -0.481 e. The molecular weight excluding hydrogens is 384 g/mol. The Bertz CT molecular complexity index is 571. The van der Waals surface area contributed by atoms with Crippen molar-refractivity contribution in [2.24, 2.45) is 5.73 Å². The summed E-state index contributed by atoms with van der Waals surface area (Å²) in [7, 11) is 0. The van der Waals surface area contributed by atoms with Crippen LogP contribution >= 0.6 is 12.6 Å². The normalized spacial score (nSPS) is 15.0. The minimum atomic E-state index is -1.56. The molecular formula is C14H24N4O8S. The number of carboxylic acid groups (broad SMARTS) is 2. The molecule has 0 aliphatic rings. The first-order valence-electron chi connectivity index (χ1n) is 7.86. The smallest absolute Gasteiger partial charge is 0.328 e. The van der Waals surface area contributed by atoms with Gasteiger partial charge in [0.1, 0.15) is 6.04 Å². The van der Waals surface area contributed by atoms with Crippen molar-refractivity contribution in [3.8, 4) is 0 Å². The molecule has 0 aromatic rings. The lowest BCUT2D eigenvalue weighted by atomic mass is 10.1. The van der Waals surface area contributed by atoms with E-state index in [1.165, 1.54) is 6.92 Å². The van der Waals surface area contributed by atoms with Gasteiger partial charge in [-0.25, -0.2) is 4.79 Å². The van der Waals surface area contributed by atoms with Crippen molar-refractivity contribution < 1.29 is 39.3 Å². The number of nitrogens with one attached hydrogen (secondary N) is 3. The number of thiol groups is 1. The van der Waals surface area contributed by atoms with Crippen molar-refractivity contribution in [2.75, 3.05) is 12.3 Å². The highest BCUT2D eigenvalue weighted by Crippen LogP contribution is 2.00. The Hall–Kier alpha value is -2.38. The van der Waals surface area contributed by atoms with Crippen molar-refractivity contribution in [1.29, 1.82) is 0 Å². The van der Waals surface area contributed by atoms with Crippen molar-refractivity contribution in [3.05, 3.63) is 0 Å². The second-order valence-corrected chi connectivity index (χ2v) is 5.99. The molecule has 0 rings (SSSR count). The Balaban J connectivity index is 4.82. The number of nitrogens with two attached hydrogens (primary N) is 1. The zero-order chi connectivity index (χ0) is 21.1. The van der Waals surface area contributed by atoms with Crippen LogP contribution < -0.4 is 21.7 Å². The van der Waals surface area contributed by atoms with Gasteiger partial charge in [-0.3, -0.25) is 19.2 Å². The van der Waals surface area contributed by atoms with Gasteiger partial charge in [0.15, 0.2) is 6.04 Å². The van der Waals surface area contributed by atoms with Crippen molar-refractivity contribution in [3.63, 3.8) is 0 Å². The van der Waals surface area contributed by atoms with E-state index in [-0.39, 0.29) is 12.2 Å². The van der Waals surface area contributed by atoms with Gasteiger partial charge in [0, 0.05) is 12.2 Å². The molecule has 0 aliphatic heterocycles. The first-order valence-corrected chi connectivity index (χ1v) is 8.49. The van der Waals surface area contributed by atoms with Crippen LogP contribution in [-0.2, 0) is 24.0 Å². The topological polar surface area (TPSA) is 208 Å². The third kappa shape index (κ3) is 9.77. The van der Waals surface area contributed by atoms with E-state index in [2.05, 4.69) is 23.3 Å². The summed E-state index contributed by atoms with van der Waals surface area (Å²) in [6.07, 6.45) is -2.05. The van der Waals surface area contributed by atoms with Gasteiger partial charge in [-0.1, -0.05) is 0 Å². The van der Waals surface area contributed by atoms with Crippen LogP contribution in [-0.4, -0.2) is 81.5 Å². The van der Waals surface area contributed by atoms with Crippen molar-refractivity contribution in [1.82, 2.24) is 16.0 Å². The maximum atomic E-state index is 12.1. The van der Waals surface area contributed by atoms with Crippen LogP contribution in [0.2, 0.25) is 0 Å². The number of aliphatic carboxylic acids is 2. The van der Waals surface area contributed by atoms with E-state index in [1.807, 2.05) is 5.32 Å². The largest absolute Gasteiger partial charge is 0.481 e. The number of hydrogen-bond acceptors (Lipinski definition) is 8. The molecule has 0 bridgehead atoms. The molecule has 0 fully saturated rings. The van der Waals surface area contributed by atoms with Gasteiger partial charge in [-0.05, 0) is 13.3 Å². The van der Waals surface area contributed by atoms with E-state index in [0.29, 0.717) is 0 Å². The molecule has 4 atom stereocenters. The van der Waals surface area contributed by atoms with Crippen molar-refractivity contribution >= 4 is 42.3 Å². The van der Waals surface area contributed by atoms with Gasteiger partial charge in [-0.15, -0.1) is 0 Å². The third-order valence-corrected chi connectivity index (χ3v) is 3.69. The lowest BCUT2D eigenvalue weighted by Crippen LogP contribution is -2.54. The summed E-state index contributed by atoms with van der Waals surface area (Å²) >= 11 is 3.84. The molecule has 0 saturated carbocycles. The summed E-state index contributed by atoms with van der Waals surface area (Å²) in [4.78, 5) is 57.2. The molecule has 0 radical (unpaired) electrons. The second kappa shape index (κ2) is 12.1. The SMILES string of the molecule is CC(O)C(NC(=O)CNC(=O)C(CCC(=O)O)NC(=O)C(N)CS)C(=O)O. The number of rotatable bonds is 12. The molecule has 0 saturated heterocycles. The van der Waals surface area contributed by atoms with Gasteiger partial charge in [0.25, 0.3) is 0 Å². The number of aliphatic hydroxyl groups is 1. The van der Waals surface area contributed by atoms with Crippen LogP contribution in [0.4, 0.5) is 0 Å². The standard InChI is InChI=1S/C14H24N4O8S/c1-6(19)11(14(25)26)18-9(20)4-16-13(24)8(2-3-10(21)22)17-12(23)7(15)5-27/h6-8,11,19,27H,2-5,15H2,1H3,(H,16,24)(H,17,23)(H,18,20)(H,21,22)(H,25,26). The Morgan fingerprint density at radius 1 is 1.07 bits per heavy atom. The Morgan fingerprint density at radius 3 is 2.11 bits per heavy atom. The molecule has 0 aliphatic carbocycles. The van der Waals surface area contributed by atoms with Crippen LogP contribution in [0.25, 0.3) is 0 Å². The van der Waals surface area contributed by atoms with E-state index >= 15 is 0 Å². The highest BCUT2D eigenvalue weighted by Gasteiger charge is 2.27. The maximum absolute atomic E-state index is 12.1. The summed E-state index contributed by atoms with van der Waals surface area (Å²) in [5, 5.41) is 33.3. The molecule has 4 unspecified atom stereocenters. The fourth-order valence-electron chi connectivity index (χ4n) is 1.80. The molecule has 154 valence electrons. The summed E-state index contributed by atoms with van der Waals surface area (Å²) in [5.74, 6) is -5.13. The van der Waals surface area contributed by atoms with Crippen LogP contribution in [0.15, 0.2) is 0 Å². The summed E-state index contributed by atoms with van der Waals surface area (Å²) in [6, 6.07) is -3.84. The van der Waals surface area contributed by atoms with E-state index in [1.54, 1.807) is 0 Å². The van der Waals surface area contributed by atoms with Crippen LogP contribution in [0, 0.1) is 0 Å².